The van der Waals surface area contributed by atoms with E-state index in [1.165, 1.54) is 102 Å². The van der Waals surface area contributed by atoms with Crippen LogP contribution in [0.15, 0.2) is 36.9 Å². The fourth-order valence-electron chi connectivity index (χ4n) is 13.9. The molecule has 0 spiro atoms. The smallest absolute Gasteiger partial charge is 0.246 e. The van der Waals surface area contributed by atoms with Crippen LogP contribution in [0.4, 0.5) is 20.5 Å². The Kier molecular flexibility index (Phi) is 42.1. The average molecular weight is 1720 g/mol. The number of amides is 14. The van der Waals surface area contributed by atoms with E-state index in [-0.39, 0.29) is 120 Å². The third-order valence-corrected chi connectivity index (χ3v) is 21.6. The molecular weight excluding hydrogens is 1590 g/mol. The van der Waals surface area contributed by atoms with Crippen LogP contribution in [0.1, 0.15) is 160 Å². The number of aromatic nitrogens is 2. The lowest BCUT2D eigenvalue weighted by Crippen LogP contribution is -2.60. The van der Waals surface area contributed by atoms with Crippen LogP contribution in [0.5, 0.6) is 5.75 Å². The first-order valence-electron chi connectivity index (χ1n) is 41.6. The Labute approximate surface area is 714 Å². The molecule has 3 aromatic rings. The maximum atomic E-state index is 16.6. The first-order valence-corrected chi connectivity index (χ1v) is 41.9. The van der Waals surface area contributed by atoms with Crippen LogP contribution in [-0.2, 0) is 67.1 Å². The zero-order chi connectivity index (χ0) is 91.1. The molecule has 1 fully saturated rings. The molecule has 0 bridgehead atoms. The van der Waals surface area contributed by atoms with Crippen molar-refractivity contribution in [2.45, 2.75) is 209 Å². The summed E-state index contributed by atoms with van der Waals surface area (Å²) in [5.74, 6) is -11.1. The number of carbonyl (C=O) groups excluding carboxylic acids is 14. The monoisotopic (exact) mass is 1720 g/mol. The van der Waals surface area contributed by atoms with E-state index in [0.717, 1.165) is 33.6 Å². The topological polar surface area (TPSA) is 427 Å². The Morgan fingerprint density at radius 3 is 1.69 bits per heavy atom. The number of phenols is 1. The number of aromatic hydroxyl groups is 1. The molecule has 0 aliphatic carbocycles. The molecule has 2 aromatic carbocycles. The first kappa shape index (κ1) is 103. The third-order valence-electron chi connectivity index (χ3n) is 21.3. The molecule has 9 atom stereocenters. The normalized spacial score (nSPS) is 14.4. The summed E-state index contributed by atoms with van der Waals surface area (Å²) in [5.41, 5.74) is -1.03. The number of fused-ring (bicyclic) bond motifs is 1. The lowest BCUT2D eigenvalue weighted by atomic mass is 9.95. The molecule has 1 saturated heterocycles. The van der Waals surface area contributed by atoms with E-state index in [9.17, 15) is 77.3 Å². The zero-order valence-corrected chi connectivity index (χ0v) is 74.6. The maximum Gasteiger partial charge on any atom is 0.246 e. The molecule has 14 amide bonds. The highest BCUT2D eigenvalue weighted by Gasteiger charge is 2.40. The van der Waals surface area contributed by atoms with Crippen molar-refractivity contribution in [1.29, 1.82) is 0 Å². The van der Waals surface area contributed by atoms with E-state index >= 15 is 8.78 Å². The molecule has 674 valence electrons. The molecule has 2 heterocycles. The van der Waals surface area contributed by atoms with Crippen molar-refractivity contribution in [3.05, 3.63) is 53.6 Å². The summed E-state index contributed by atoms with van der Waals surface area (Å²) in [7, 11) is 9.83. The summed E-state index contributed by atoms with van der Waals surface area (Å²) in [5, 5.41) is 43.7. The van der Waals surface area contributed by atoms with Gasteiger partial charge in [0.1, 0.15) is 65.2 Å². The highest BCUT2D eigenvalue weighted by atomic mass is 35.5. The van der Waals surface area contributed by atoms with Gasteiger partial charge in [0.15, 0.2) is 5.82 Å². The molecule has 10 N–H and O–H groups in total. The minimum absolute atomic E-state index is 0.0114. The predicted molar refractivity (Wildman–Crippen MR) is 456 cm³/mol. The Bertz CT molecular complexity index is 4090. The molecule has 34 nitrogen and oxygen atoms in total. The molecule has 0 saturated carbocycles. The number of piperazine rings is 1. The fraction of sp³-hybridized carbons (Fsp3) is 0.643. The Hall–Kier alpha value is -10.4. The molecule has 1 aliphatic rings. The number of aliphatic hydroxyl groups is 1. The van der Waals surface area contributed by atoms with Gasteiger partial charge in [-0.3, -0.25) is 67.1 Å². The Balaban J connectivity index is 1.20. The van der Waals surface area contributed by atoms with Gasteiger partial charge in [0, 0.05) is 119 Å². The minimum Gasteiger partial charge on any atom is -0.507 e. The molecule has 37 heteroatoms. The second kappa shape index (κ2) is 49.5. The number of likely N-dealkylation sites (N-methyl/N-ethyl adjacent to an activating group) is 7. The van der Waals surface area contributed by atoms with Gasteiger partial charge in [-0.05, 0) is 113 Å². The lowest BCUT2D eigenvalue weighted by Gasteiger charge is -2.35. The second-order valence-electron chi connectivity index (χ2n) is 32.8. The van der Waals surface area contributed by atoms with Gasteiger partial charge in [0.2, 0.25) is 88.6 Å². The van der Waals surface area contributed by atoms with Crippen molar-refractivity contribution in [3.63, 3.8) is 0 Å². The predicted octanol–water partition coefficient (Wildman–Crippen LogP) is 4.32. The second-order valence-corrected chi connectivity index (χ2v) is 33.2. The van der Waals surface area contributed by atoms with Crippen LogP contribution in [0.2, 0.25) is 5.02 Å². The van der Waals surface area contributed by atoms with Crippen LogP contribution >= 0.6 is 11.6 Å². The van der Waals surface area contributed by atoms with Crippen molar-refractivity contribution in [2.24, 2.45) is 29.6 Å². The number of benzene rings is 2. The third kappa shape index (κ3) is 30.9. The van der Waals surface area contributed by atoms with Gasteiger partial charge in [0.05, 0.1) is 42.7 Å². The number of nitrogens with one attached hydrogen (secondary N) is 8. The molecule has 2 unspecified atom stereocenters. The summed E-state index contributed by atoms with van der Waals surface area (Å²) < 4.78 is 31.6. The number of carbonyl (C=O) groups is 14. The molecule has 1 aromatic heterocycles. The summed E-state index contributed by atoms with van der Waals surface area (Å²) in [6, 6.07) is -2.85. The molecular formula is C84H131ClF2N18O16. The van der Waals surface area contributed by atoms with Gasteiger partial charge in [-0.15, -0.1) is 0 Å². The highest BCUT2D eigenvalue weighted by molar-refractivity contribution is 6.34. The summed E-state index contributed by atoms with van der Waals surface area (Å²) in [6.07, 6.45) is 4.08. The van der Waals surface area contributed by atoms with Crippen molar-refractivity contribution in [3.8, 4) is 16.9 Å². The van der Waals surface area contributed by atoms with E-state index in [2.05, 4.69) is 59.1 Å². The minimum atomic E-state index is -1.24. The van der Waals surface area contributed by atoms with Gasteiger partial charge < -0.3 is 91.9 Å². The van der Waals surface area contributed by atoms with Crippen molar-refractivity contribution in [1.82, 2.24) is 81.5 Å². The Morgan fingerprint density at radius 1 is 0.595 bits per heavy atom. The summed E-state index contributed by atoms with van der Waals surface area (Å²) in [4.78, 5) is 208. The highest BCUT2D eigenvalue weighted by Crippen LogP contribution is 2.43. The fourth-order valence-corrected chi connectivity index (χ4v) is 14.2. The zero-order valence-electron chi connectivity index (χ0n) is 73.9. The van der Waals surface area contributed by atoms with Crippen molar-refractivity contribution < 1.29 is 86.1 Å². The number of aliphatic hydroxyl groups excluding tert-OH is 1. The van der Waals surface area contributed by atoms with Crippen molar-refractivity contribution in [2.75, 3.05) is 125 Å². The van der Waals surface area contributed by atoms with Gasteiger partial charge >= 0.3 is 0 Å². The quantitative estimate of drug-likeness (QED) is 0.0278. The SMILES string of the molecule is C=CC(=O)N1CCN(c2nc(NCCC(=O)NCCCCCCNC(=O)CCC[C@@H](C)[C@@H](O)CC(=O)N[C@@H](CC)C(=O)N(C)CC(=O)N(C)[C@@H](CC(C)C)C(=O)NC(C(=O)N(C)[C@@H](CC(C)C)C(=O)N[C@@H](C)C(=O)N[C@H](C)C(=O)N(C)CC(=O)N(C)CC(=O)N(C)C(C(=O)NC)C(C)C)C(C)C)nc3c(F)c(-c4c(O)cccc4F)c(Cl)cc23)CC1. The number of halogens is 3. The summed E-state index contributed by atoms with van der Waals surface area (Å²) >= 11 is 6.59. The van der Waals surface area contributed by atoms with E-state index in [0.29, 0.717) is 70.8 Å². The molecule has 121 heavy (non-hydrogen) atoms. The summed E-state index contributed by atoms with van der Waals surface area (Å²) in [6.45, 7) is 24.9. The van der Waals surface area contributed by atoms with E-state index in [4.69, 9.17) is 11.6 Å². The van der Waals surface area contributed by atoms with Gasteiger partial charge in [-0.25, -0.2) is 13.8 Å². The van der Waals surface area contributed by atoms with Crippen molar-refractivity contribution >= 4 is 117 Å². The van der Waals surface area contributed by atoms with Crippen LogP contribution in [0.3, 0.4) is 0 Å². The van der Waals surface area contributed by atoms with Crippen LogP contribution in [0, 0.1) is 41.2 Å². The number of hydrogen-bond donors (Lipinski definition) is 10. The number of phenolic OH excluding ortho intramolecular Hbond substituents is 1. The lowest BCUT2D eigenvalue weighted by molar-refractivity contribution is -0.147. The van der Waals surface area contributed by atoms with Crippen LogP contribution in [0.25, 0.3) is 22.0 Å². The van der Waals surface area contributed by atoms with E-state index in [1.54, 1.807) is 46.4 Å². The molecule has 0 radical (unpaired) electrons. The number of hydrogen-bond acceptors (Lipinski definition) is 20. The molecule has 1 aliphatic heterocycles. The maximum absolute atomic E-state index is 16.6. The van der Waals surface area contributed by atoms with Crippen LogP contribution < -0.4 is 47.4 Å². The van der Waals surface area contributed by atoms with Gasteiger partial charge in [-0.1, -0.05) is 106 Å². The standard InChI is InChI=1S/C84H131ClF2N18O16/c1-21-58(94-65(110)44-62(107)52(11)29-27-32-63(108)89-34-25-23-24-26-35-90-64(109)33-36-91-84-96-74-55(76(97-84)105-39-37-104(38-40-105)66(111)22-2)43-56(85)70(72(74)87)71-57(86)30-28-31-61(71)106)82(120)100(17)47-68(113)101(18)59(41-48(3)4)79(117)95-73(50(7)8)83(121)102(19)60(42-49(5)6)78(116)92-53(12)77(115)93-54(13)81(119)99(16)45-67(112)98(15)46-69(114)103(20)75(51(9)10)80(118)88-14/h22,28,30-31,43,48-54,58-60,62,73,75,106-107H,2,21,23-27,29,32-42,44-47H2,1,3-20H3,(H,88,118)(H,89,108)(H,90,109)(H,92,116)(H,93,115)(H,94,110)(H,95,117)(H,91,96,97)/t52-,53+,54-,58+,59+,60+,62+,73?,75?/m1/s1. The van der Waals surface area contributed by atoms with Gasteiger partial charge in [0.25, 0.3) is 0 Å². The number of nitrogens with zero attached hydrogens (tertiary/aromatic N) is 10. The van der Waals surface area contributed by atoms with Gasteiger partial charge in [-0.2, -0.15) is 4.98 Å². The number of rotatable bonds is 48. The number of anilines is 2. The number of unbranched alkanes of at least 4 members (excludes halogenated alkanes) is 3. The largest absolute Gasteiger partial charge is 0.507 e. The first-order chi connectivity index (χ1) is 56.8. The van der Waals surface area contributed by atoms with Crippen LogP contribution in [-0.4, -0.2) is 300 Å². The molecule has 4 rings (SSSR count). The Morgan fingerprint density at radius 2 is 1.14 bits per heavy atom. The van der Waals surface area contributed by atoms with E-state index in [1.807, 2.05) is 32.6 Å². The average Bonchev–Trinajstić information content (AvgIpc) is 0.746. The van der Waals surface area contributed by atoms with E-state index < -0.39 is 155 Å².